The van der Waals surface area contributed by atoms with Crippen molar-refractivity contribution in [1.29, 1.82) is 0 Å². The van der Waals surface area contributed by atoms with Gasteiger partial charge in [0, 0.05) is 20.8 Å². The minimum atomic E-state index is -1.07. The van der Waals surface area contributed by atoms with Gasteiger partial charge in [-0.2, -0.15) is 0 Å². The number of amides is 1. The lowest BCUT2D eigenvalue weighted by atomic mass is 10.0. The van der Waals surface area contributed by atoms with Crippen LogP contribution in [0.3, 0.4) is 0 Å². The standard InChI is InChI=1S/C23H17IN2O3/c24-15-7-5-6-14(12-15)13-20(23(28)29)26-22(27)21-16-8-1-3-10-18(16)25-19-11-4-2-9-17(19)21/h1-12,20H,13H2,(H,26,27)(H,28,29)/t20-/m1/s1. The number of carbonyl (C=O) groups excluding carboxylic acids is 1. The molecule has 4 aromatic rings. The van der Waals surface area contributed by atoms with E-state index in [1.807, 2.05) is 72.8 Å². The highest BCUT2D eigenvalue weighted by Gasteiger charge is 2.24. The molecule has 0 spiro atoms. The van der Waals surface area contributed by atoms with Crippen molar-refractivity contribution in [3.63, 3.8) is 0 Å². The molecule has 29 heavy (non-hydrogen) atoms. The second-order valence-corrected chi connectivity index (χ2v) is 7.97. The average Bonchev–Trinajstić information content (AvgIpc) is 2.71. The molecule has 0 unspecified atom stereocenters. The maximum atomic E-state index is 13.2. The summed E-state index contributed by atoms with van der Waals surface area (Å²) in [5.41, 5.74) is 2.69. The van der Waals surface area contributed by atoms with Crippen LogP contribution in [-0.4, -0.2) is 28.0 Å². The molecule has 0 aliphatic carbocycles. The number of hydrogen-bond acceptors (Lipinski definition) is 3. The van der Waals surface area contributed by atoms with E-state index in [-0.39, 0.29) is 6.42 Å². The van der Waals surface area contributed by atoms with Crippen molar-refractivity contribution in [1.82, 2.24) is 10.3 Å². The van der Waals surface area contributed by atoms with Gasteiger partial charge in [-0.1, -0.05) is 48.5 Å². The van der Waals surface area contributed by atoms with Gasteiger partial charge in [-0.05, 0) is 52.4 Å². The first-order valence-electron chi connectivity index (χ1n) is 9.08. The number of halogens is 1. The van der Waals surface area contributed by atoms with E-state index in [1.165, 1.54) is 0 Å². The average molecular weight is 496 g/mol. The summed E-state index contributed by atoms with van der Waals surface area (Å²) >= 11 is 2.18. The van der Waals surface area contributed by atoms with E-state index < -0.39 is 17.9 Å². The summed E-state index contributed by atoms with van der Waals surface area (Å²) in [4.78, 5) is 29.7. The summed E-state index contributed by atoms with van der Waals surface area (Å²) in [6.45, 7) is 0. The van der Waals surface area contributed by atoms with E-state index in [4.69, 9.17) is 0 Å². The summed E-state index contributed by atoms with van der Waals surface area (Å²) < 4.78 is 1.02. The van der Waals surface area contributed by atoms with Crippen LogP contribution in [0.15, 0.2) is 72.8 Å². The van der Waals surface area contributed by atoms with Gasteiger partial charge in [0.15, 0.2) is 0 Å². The van der Waals surface area contributed by atoms with Gasteiger partial charge >= 0.3 is 5.97 Å². The lowest BCUT2D eigenvalue weighted by molar-refractivity contribution is -0.139. The Balaban J connectivity index is 1.74. The molecule has 1 heterocycles. The van der Waals surface area contributed by atoms with E-state index in [2.05, 4.69) is 32.9 Å². The van der Waals surface area contributed by atoms with Crippen molar-refractivity contribution >= 4 is 56.3 Å². The number of aliphatic carboxylic acids is 1. The van der Waals surface area contributed by atoms with E-state index in [0.717, 1.165) is 9.13 Å². The zero-order chi connectivity index (χ0) is 20.4. The number of carboxylic acid groups (broad SMARTS) is 1. The second-order valence-electron chi connectivity index (χ2n) is 6.72. The number of hydrogen-bond donors (Lipinski definition) is 2. The maximum absolute atomic E-state index is 13.2. The largest absolute Gasteiger partial charge is 0.480 e. The highest BCUT2D eigenvalue weighted by Crippen LogP contribution is 2.26. The molecule has 0 bridgehead atoms. The van der Waals surface area contributed by atoms with Crippen LogP contribution in [-0.2, 0) is 11.2 Å². The lowest BCUT2D eigenvalue weighted by Crippen LogP contribution is -2.42. The van der Waals surface area contributed by atoms with Crippen molar-refractivity contribution in [2.45, 2.75) is 12.5 Å². The Morgan fingerprint density at radius 3 is 2.14 bits per heavy atom. The van der Waals surface area contributed by atoms with Crippen molar-refractivity contribution in [2.75, 3.05) is 0 Å². The molecule has 1 aromatic heterocycles. The summed E-state index contributed by atoms with van der Waals surface area (Å²) in [7, 11) is 0. The number of para-hydroxylation sites is 2. The number of aromatic nitrogens is 1. The van der Waals surface area contributed by atoms with Crippen LogP contribution < -0.4 is 5.32 Å². The molecule has 4 rings (SSSR count). The van der Waals surface area contributed by atoms with Gasteiger partial charge in [0.1, 0.15) is 6.04 Å². The van der Waals surface area contributed by atoms with Crippen LogP contribution >= 0.6 is 22.6 Å². The fraction of sp³-hybridized carbons (Fsp3) is 0.0870. The molecule has 0 saturated heterocycles. The van der Waals surface area contributed by atoms with Crippen molar-refractivity contribution in [3.8, 4) is 0 Å². The maximum Gasteiger partial charge on any atom is 0.326 e. The fourth-order valence-electron chi connectivity index (χ4n) is 3.41. The van der Waals surface area contributed by atoms with E-state index >= 15 is 0 Å². The predicted octanol–water partition coefficient (Wildman–Crippen LogP) is 4.42. The van der Waals surface area contributed by atoms with Crippen molar-refractivity contribution in [2.24, 2.45) is 0 Å². The van der Waals surface area contributed by atoms with E-state index in [0.29, 0.717) is 27.4 Å². The van der Waals surface area contributed by atoms with E-state index in [9.17, 15) is 14.7 Å². The van der Waals surface area contributed by atoms with Crippen LogP contribution in [0.25, 0.3) is 21.8 Å². The van der Waals surface area contributed by atoms with Gasteiger partial charge < -0.3 is 10.4 Å². The zero-order valence-corrected chi connectivity index (χ0v) is 17.5. The van der Waals surface area contributed by atoms with Crippen molar-refractivity contribution < 1.29 is 14.7 Å². The minimum Gasteiger partial charge on any atom is -0.480 e. The smallest absolute Gasteiger partial charge is 0.326 e. The lowest BCUT2D eigenvalue weighted by Gasteiger charge is -2.17. The van der Waals surface area contributed by atoms with Gasteiger partial charge in [0.25, 0.3) is 5.91 Å². The Labute approximate surface area is 180 Å². The first-order valence-corrected chi connectivity index (χ1v) is 10.2. The quantitative estimate of drug-likeness (QED) is 0.317. The Morgan fingerprint density at radius 2 is 1.55 bits per heavy atom. The highest BCUT2D eigenvalue weighted by atomic mass is 127. The molecule has 0 fully saturated rings. The van der Waals surface area contributed by atoms with Crippen LogP contribution in [0, 0.1) is 3.57 Å². The third kappa shape index (κ3) is 4.07. The first-order chi connectivity index (χ1) is 14.0. The van der Waals surface area contributed by atoms with Crippen LogP contribution in [0.1, 0.15) is 15.9 Å². The van der Waals surface area contributed by atoms with E-state index in [1.54, 1.807) is 0 Å². The number of carbonyl (C=O) groups is 2. The van der Waals surface area contributed by atoms with Crippen molar-refractivity contribution in [3.05, 3.63) is 87.5 Å². The molecule has 3 aromatic carbocycles. The van der Waals surface area contributed by atoms with Gasteiger partial charge in [-0.25, -0.2) is 9.78 Å². The first kappa shape index (κ1) is 19.3. The van der Waals surface area contributed by atoms with Gasteiger partial charge in [-0.15, -0.1) is 0 Å². The Hall–Kier alpha value is -3.00. The second kappa shape index (κ2) is 8.16. The topological polar surface area (TPSA) is 79.3 Å². The van der Waals surface area contributed by atoms with Crippen LogP contribution in [0.2, 0.25) is 0 Å². The van der Waals surface area contributed by atoms with Crippen LogP contribution in [0.4, 0.5) is 0 Å². The number of nitrogens with zero attached hydrogens (tertiary/aromatic N) is 1. The highest BCUT2D eigenvalue weighted by molar-refractivity contribution is 14.1. The molecule has 1 atom stereocenters. The number of pyridine rings is 1. The summed E-state index contributed by atoms with van der Waals surface area (Å²) in [5, 5.41) is 13.8. The molecule has 0 aliphatic rings. The minimum absolute atomic E-state index is 0.207. The van der Waals surface area contributed by atoms with Gasteiger partial charge in [0.2, 0.25) is 0 Å². The number of carboxylic acids is 1. The molecule has 0 aliphatic heterocycles. The van der Waals surface area contributed by atoms with Gasteiger partial charge in [-0.3, -0.25) is 4.79 Å². The molecule has 0 saturated carbocycles. The Morgan fingerprint density at radius 1 is 0.931 bits per heavy atom. The summed E-state index contributed by atoms with van der Waals surface area (Å²) in [5.74, 6) is -1.49. The molecule has 5 nitrogen and oxygen atoms in total. The summed E-state index contributed by atoms with van der Waals surface area (Å²) in [6.07, 6.45) is 0.207. The SMILES string of the molecule is O=C(N[C@H](Cc1cccc(I)c1)C(=O)O)c1c2ccccc2nc2ccccc12. The third-order valence-electron chi connectivity index (χ3n) is 4.75. The number of fused-ring (bicyclic) bond motifs is 2. The molecule has 2 N–H and O–H groups in total. The number of rotatable bonds is 5. The number of nitrogens with one attached hydrogen (secondary N) is 1. The number of benzene rings is 3. The molecule has 144 valence electrons. The monoisotopic (exact) mass is 496 g/mol. The molecular weight excluding hydrogens is 479 g/mol. The normalized spacial score (nSPS) is 12.0. The molecule has 1 amide bonds. The Bertz CT molecular complexity index is 1190. The predicted molar refractivity (Wildman–Crippen MR) is 121 cm³/mol. The van der Waals surface area contributed by atoms with Gasteiger partial charge in [0.05, 0.1) is 16.6 Å². The van der Waals surface area contributed by atoms with Crippen LogP contribution in [0.5, 0.6) is 0 Å². The third-order valence-corrected chi connectivity index (χ3v) is 5.42. The fourth-order valence-corrected chi connectivity index (χ4v) is 4.02. The Kier molecular flexibility index (Phi) is 5.44. The molecule has 0 radical (unpaired) electrons. The molecule has 6 heteroatoms. The summed E-state index contributed by atoms with van der Waals surface area (Å²) in [6, 6.07) is 21.3. The molecular formula is C23H17IN2O3. The zero-order valence-electron chi connectivity index (χ0n) is 15.3.